The second-order valence-electron chi connectivity index (χ2n) is 5.39. The van der Waals surface area contributed by atoms with Gasteiger partial charge in [-0.3, -0.25) is 4.79 Å². The highest BCUT2D eigenvalue weighted by Gasteiger charge is 2.08. The number of rotatable bonds is 5. The van der Waals surface area contributed by atoms with E-state index in [-0.39, 0.29) is 11.8 Å². The topological polar surface area (TPSA) is 45.2 Å². The molecule has 2 rings (SSSR count). The van der Waals surface area contributed by atoms with Crippen LogP contribution < -0.4 is 10.2 Å². The number of amides is 1. The molecule has 4 heteroatoms. The lowest BCUT2D eigenvalue weighted by molar-refractivity contribution is -0.118. The van der Waals surface area contributed by atoms with Crippen LogP contribution in [0, 0.1) is 5.92 Å². The Labute approximate surface area is 125 Å². The summed E-state index contributed by atoms with van der Waals surface area (Å²) in [6, 6.07) is 14.1. The van der Waals surface area contributed by atoms with Crippen molar-refractivity contribution < 1.29 is 4.79 Å². The molecule has 4 nitrogen and oxygen atoms in total. The smallest absolute Gasteiger partial charge is 0.228 e. The fraction of sp³-hybridized carbons (Fsp3) is 0.294. The second-order valence-corrected chi connectivity index (χ2v) is 5.39. The molecule has 0 spiro atoms. The average Bonchev–Trinajstić information content (AvgIpc) is 2.48. The Hall–Kier alpha value is -2.36. The predicted molar refractivity (Wildman–Crippen MR) is 86.3 cm³/mol. The van der Waals surface area contributed by atoms with Crippen LogP contribution in [0.15, 0.2) is 48.7 Å². The summed E-state index contributed by atoms with van der Waals surface area (Å²) in [6.45, 7) is 4.54. The van der Waals surface area contributed by atoms with Crippen molar-refractivity contribution in [2.24, 2.45) is 5.92 Å². The molecule has 21 heavy (non-hydrogen) atoms. The maximum atomic E-state index is 11.6. The molecular formula is C17H21N3O. The van der Waals surface area contributed by atoms with Crippen LogP contribution in [0.25, 0.3) is 0 Å². The molecule has 0 aliphatic carbocycles. The number of benzene rings is 1. The number of aromatic nitrogens is 1. The number of nitrogens with zero attached hydrogens (tertiary/aromatic N) is 2. The Balaban J connectivity index is 2.00. The molecule has 1 aromatic heterocycles. The first-order valence-corrected chi connectivity index (χ1v) is 7.08. The molecule has 110 valence electrons. The first-order chi connectivity index (χ1) is 10.1. The lowest BCUT2D eigenvalue weighted by Gasteiger charge is -2.19. The van der Waals surface area contributed by atoms with E-state index in [1.807, 2.05) is 51.2 Å². The van der Waals surface area contributed by atoms with Crippen LogP contribution in [-0.2, 0) is 11.3 Å². The summed E-state index contributed by atoms with van der Waals surface area (Å²) >= 11 is 0. The van der Waals surface area contributed by atoms with Crippen LogP contribution in [0.1, 0.15) is 19.4 Å². The van der Waals surface area contributed by atoms with Gasteiger partial charge in [0.15, 0.2) is 0 Å². The molecule has 0 unspecified atom stereocenters. The highest BCUT2D eigenvalue weighted by Crippen LogP contribution is 2.16. The quantitative estimate of drug-likeness (QED) is 0.915. The molecule has 0 aliphatic heterocycles. The van der Waals surface area contributed by atoms with E-state index in [1.165, 1.54) is 5.56 Å². The van der Waals surface area contributed by atoms with Crippen LogP contribution >= 0.6 is 0 Å². The monoisotopic (exact) mass is 283 g/mol. The van der Waals surface area contributed by atoms with Crippen LogP contribution in [0.3, 0.4) is 0 Å². The largest absolute Gasteiger partial charge is 0.369 e. The molecule has 0 saturated carbocycles. The zero-order chi connectivity index (χ0) is 15.2. The first kappa shape index (κ1) is 15.0. The van der Waals surface area contributed by atoms with E-state index < -0.39 is 0 Å². The molecule has 0 saturated heterocycles. The van der Waals surface area contributed by atoms with Crippen molar-refractivity contribution in [1.29, 1.82) is 0 Å². The maximum Gasteiger partial charge on any atom is 0.228 e. The second kappa shape index (κ2) is 6.88. The minimum absolute atomic E-state index is 0.0205. The van der Waals surface area contributed by atoms with Gasteiger partial charge in [-0.2, -0.15) is 0 Å². The third kappa shape index (κ3) is 4.31. The molecule has 1 aromatic carbocycles. The van der Waals surface area contributed by atoms with E-state index in [0.717, 1.165) is 12.2 Å². The molecule has 1 N–H and O–H groups in total. The van der Waals surface area contributed by atoms with Crippen molar-refractivity contribution >= 4 is 17.4 Å². The third-order valence-corrected chi connectivity index (χ3v) is 3.23. The number of carbonyl (C=O) groups is 1. The fourth-order valence-electron chi connectivity index (χ4n) is 1.90. The van der Waals surface area contributed by atoms with Crippen LogP contribution in [0.4, 0.5) is 11.5 Å². The van der Waals surface area contributed by atoms with Gasteiger partial charge in [-0.15, -0.1) is 0 Å². The Kier molecular flexibility index (Phi) is 4.93. The van der Waals surface area contributed by atoms with Gasteiger partial charge in [0.25, 0.3) is 0 Å². The van der Waals surface area contributed by atoms with E-state index in [4.69, 9.17) is 0 Å². The van der Waals surface area contributed by atoms with E-state index in [1.54, 1.807) is 6.20 Å². The average molecular weight is 283 g/mol. The number of anilines is 2. The van der Waals surface area contributed by atoms with Gasteiger partial charge in [0, 0.05) is 19.5 Å². The highest BCUT2D eigenvalue weighted by molar-refractivity contribution is 5.91. The normalized spacial score (nSPS) is 10.5. The van der Waals surface area contributed by atoms with Gasteiger partial charge in [0.05, 0.1) is 11.9 Å². The Morgan fingerprint density at radius 1 is 1.19 bits per heavy atom. The van der Waals surface area contributed by atoms with Crippen molar-refractivity contribution in [1.82, 2.24) is 4.98 Å². The van der Waals surface area contributed by atoms with Gasteiger partial charge >= 0.3 is 0 Å². The maximum absolute atomic E-state index is 11.6. The Bertz CT molecular complexity index is 579. The number of pyridine rings is 1. The number of hydrogen-bond donors (Lipinski definition) is 1. The molecule has 2 aromatic rings. The van der Waals surface area contributed by atoms with Gasteiger partial charge in [-0.1, -0.05) is 44.2 Å². The van der Waals surface area contributed by atoms with E-state index in [9.17, 15) is 4.79 Å². The minimum Gasteiger partial charge on any atom is -0.369 e. The van der Waals surface area contributed by atoms with Crippen molar-refractivity contribution in [2.45, 2.75) is 20.4 Å². The molecular weight excluding hydrogens is 262 g/mol. The standard InChI is InChI=1S/C17H21N3O/c1-13(2)17(21)19-16-10-9-15(11-18-16)20(3)12-14-7-5-4-6-8-14/h4-11,13H,12H2,1-3H3,(H,18,19,21). The molecule has 0 fully saturated rings. The summed E-state index contributed by atoms with van der Waals surface area (Å²) in [4.78, 5) is 18.0. The highest BCUT2D eigenvalue weighted by atomic mass is 16.1. The Morgan fingerprint density at radius 2 is 1.90 bits per heavy atom. The number of nitrogens with one attached hydrogen (secondary N) is 1. The molecule has 0 bridgehead atoms. The van der Waals surface area contributed by atoms with Crippen molar-refractivity contribution in [3.05, 3.63) is 54.2 Å². The summed E-state index contributed by atoms with van der Waals surface area (Å²) in [5, 5.41) is 2.79. The van der Waals surface area contributed by atoms with Crippen LogP contribution in [0.2, 0.25) is 0 Å². The van der Waals surface area contributed by atoms with Crippen molar-refractivity contribution in [3.8, 4) is 0 Å². The van der Waals surface area contributed by atoms with Crippen LogP contribution in [-0.4, -0.2) is 17.9 Å². The third-order valence-electron chi connectivity index (χ3n) is 3.23. The molecule has 0 radical (unpaired) electrons. The summed E-state index contributed by atoms with van der Waals surface area (Å²) in [6.07, 6.45) is 1.78. The summed E-state index contributed by atoms with van der Waals surface area (Å²) in [7, 11) is 2.02. The molecule has 1 heterocycles. The first-order valence-electron chi connectivity index (χ1n) is 7.08. The van der Waals surface area contributed by atoms with Crippen molar-refractivity contribution in [2.75, 3.05) is 17.3 Å². The van der Waals surface area contributed by atoms with Gasteiger partial charge in [-0.05, 0) is 17.7 Å². The Morgan fingerprint density at radius 3 is 2.48 bits per heavy atom. The van der Waals surface area contributed by atoms with E-state index in [2.05, 4.69) is 27.3 Å². The molecule has 0 atom stereocenters. The lowest BCUT2D eigenvalue weighted by Crippen LogP contribution is -2.19. The summed E-state index contributed by atoms with van der Waals surface area (Å²) in [5.41, 5.74) is 2.26. The zero-order valence-corrected chi connectivity index (χ0v) is 12.7. The van der Waals surface area contributed by atoms with Gasteiger partial charge in [0.2, 0.25) is 5.91 Å². The fourth-order valence-corrected chi connectivity index (χ4v) is 1.90. The minimum atomic E-state index is -0.0489. The number of hydrogen-bond acceptors (Lipinski definition) is 3. The van der Waals surface area contributed by atoms with E-state index >= 15 is 0 Å². The predicted octanol–water partition coefficient (Wildman–Crippen LogP) is 3.31. The summed E-state index contributed by atoms with van der Waals surface area (Å²) < 4.78 is 0. The SMILES string of the molecule is CC(C)C(=O)Nc1ccc(N(C)Cc2ccccc2)cn1. The van der Waals surface area contributed by atoms with Crippen molar-refractivity contribution in [3.63, 3.8) is 0 Å². The van der Waals surface area contributed by atoms with Crippen LogP contribution in [0.5, 0.6) is 0 Å². The molecule has 0 aliphatic rings. The molecule has 1 amide bonds. The summed E-state index contributed by atoms with van der Waals surface area (Å²) in [5.74, 6) is 0.519. The van der Waals surface area contributed by atoms with Gasteiger partial charge in [0.1, 0.15) is 5.82 Å². The number of carbonyl (C=O) groups excluding carboxylic acids is 1. The zero-order valence-electron chi connectivity index (χ0n) is 12.7. The van der Waals surface area contributed by atoms with E-state index in [0.29, 0.717) is 5.82 Å². The van der Waals surface area contributed by atoms with Gasteiger partial charge < -0.3 is 10.2 Å². The lowest BCUT2D eigenvalue weighted by atomic mass is 10.2. The van der Waals surface area contributed by atoms with Gasteiger partial charge in [-0.25, -0.2) is 4.98 Å².